The molecule has 7 heteroatoms. The Hall–Kier alpha value is -1.60. The lowest BCUT2D eigenvalue weighted by molar-refractivity contribution is -0.124. The second-order valence-corrected chi connectivity index (χ2v) is 8.76. The van der Waals surface area contributed by atoms with Gasteiger partial charge in [0.2, 0.25) is 5.91 Å². The number of hydrogen-bond donors (Lipinski definition) is 0. The van der Waals surface area contributed by atoms with Crippen LogP contribution in [-0.4, -0.2) is 62.5 Å². The van der Waals surface area contributed by atoms with Gasteiger partial charge in [0.1, 0.15) is 5.75 Å². The normalized spacial score (nSPS) is 27.8. The van der Waals surface area contributed by atoms with E-state index in [4.69, 9.17) is 4.74 Å². The van der Waals surface area contributed by atoms with Crippen LogP contribution in [0.1, 0.15) is 20.3 Å². The Balaban J connectivity index is 1.97. The maximum Gasteiger partial charge on any atom is 0.241 e. The molecule has 0 N–H and O–H groups in total. The third-order valence-corrected chi connectivity index (χ3v) is 6.84. The van der Waals surface area contributed by atoms with Crippen molar-refractivity contribution in [1.82, 2.24) is 4.90 Å². The third-order valence-electron chi connectivity index (χ3n) is 5.15. The summed E-state index contributed by atoms with van der Waals surface area (Å²) in [5, 5.41) is 0. The molecule has 0 spiro atoms. The monoisotopic (exact) mass is 352 g/mol. The number of nitrogens with zero attached hydrogens (tertiary/aromatic N) is 2. The summed E-state index contributed by atoms with van der Waals surface area (Å²) in [5.41, 5.74) is 0.733. The van der Waals surface area contributed by atoms with Crippen LogP contribution in [0.25, 0.3) is 0 Å². The minimum absolute atomic E-state index is 0.0301. The Kier molecular flexibility index (Phi) is 4.57. The highest BCUT2D eigenvalue weighted by Crippen LogP contribution is 2.33. The van der Waals surface area contributed by atoms with Crippen LogP contribution in [0, 0.1) is 0 Å². The van der Waals surface area contributed by atoms with E-state index in [2.05, 4.69) is 18.7 Å². The molecule has 24 heavy (non-hydrogen) atoms. The summed E-state index contributed by atoms with van der Waals surface area (Å²) in [6.45, 7) is 4.37. The van der Waals surface area contributed by atoms with E-state index in [1.165, 1.54) is 0 Å². The van der Waals surface area contributed by atoms with E-state index < -0.39 is 9.84 Å². The van der Waals surface area contributed by atoms with Crippen LogP contribution in [0.15, 0.2) is 24.3 Å². The van der Waals surface area contributed by atoms with E-state index in [9.17, 15) is 13.2 Å². The van der Waals surface area contributed by atoms with Crippen LogP contribution < -0.4 is 9.64 Å². The van der Waals surface area contributed by atoms with Gasteiger partial charge in [-0.05, 0) is 37.6 Å². The molecule has 3 rings (SSSR count). The number of methoxy groups -OCH3 is 1. The van der Waals surface area contributed by atoms with Crippen LogP contribution >= 0.6 is 0 Å². The third kappa shape index (κ3) is 3.02. The number of piperazine rings is 1. The highest BCUT2D eigenvalue weighted by Gasteiger charge is 2.50. The van der Waals surface area contributed by atoms with Gasteiger partial charge in [-0.2, -0.15) is 0 Å². The first-order valence-electron chi connectivity index (χ1n) is 8.28. The van der Waals surface area contributed by atoms with Crippen molar-refractivity contribution >= 4 is 21.4 Å². The quantitative estimate of drug-likeness (QED) is 0.817. The van der Waals surface area contributed by atoms with E-state index in [0.717, 1.165) is 12.1 Å². The van der Waals surface area contributed by atoms with Crippen molar-refractivity contribution in [3.63, 3.8) is 0 Å². The summed E-state index contributed by atoms with van der Waals surface area (Å²) in [6.07, 6.45) is 0.888. The lowest BCUT2D eigenvalue weighted by Crippen LogP contribution is -2.63. The Morgan fingerprint density at radius 1 is 1.21 bits per heavy atom. The van der Waals surface area contributed by atoms with Crippen molar-refractivity contribution in [3.05, 3.63) is 24.3 Å². The van der Waals surface area contributed by atoms with Crippen LogP contribution in [0.3, 0.4) is 0 Å². The van der Waals surface area contributed by atoms with E-state index >= 15 is 0 Å². The van der Waals surface area contributed by atoms with Crippen molar-refractivity contribution in [2.24, 2.45) is 0 Å². The molecule has 6 nitrogen and oxygen atoms in total. The summed E-state index contributed by atoms with van der Waals surface area (Å²) in [5.74, 6) is 0.823. The zero-order valence-electron chi connectivity index (χ0n) is 14.3. The first-order valence-corrected chi connectivity index (χ1v) is 10.1. The van der Waals surface area contributed by atoms with Crippen molar-refractivity contribution < 1.29 is 17.9 Å². The van der Waals surface area contributed by atoms with E-state index in [1.54, 1.807) is 24.1 Å². The number of amides is 1. The Morgan fingerprint density at radius 3 is 2.42 bits per heavy atom. The largest absolute Gasteiger partial charge is 0.497 e. The standard InChI is InChI=1S/C17H24N2O4S/c1-4-12(2)18-9-17(20)19(13-5-7-14(23-3)8-6-13)16-11-24(21,22)10-15(16)18/h5-8,12,15-16H,4,9-11H2,1-3H3/t12-,15+,16-/m1/s1. The van der Waals surface area contributed by atoms with Crippen molar-refractivity contribution in [1.29, 1.82) is 0 Å². The fraction of sp³-hybridized carbons (Fsp3) is 0.588. The second-order valence-electron chi connectivity index (χ2n) is 6.60. The number of sulfone groups is 1. The summed E-state index contributed by atoms with van der Waals surface area (Å²) >= 11 is 0. The minimum atomic E-state index is -3.14. The maximum atomic E-state index is 12.8. The molecule has 3 atom stereocenters. The lowest BCUT2D eigenvalue weighted by Gasteiger charge is -2.45. The van der Waals surface area contributed by atoms with Gasteiger partial charge < -0.3 is 9.64 Å². The zero-order valence-corrected chi connectivity index (χ0v) is 15.1. The molecule has 2 aliphatic heterocycles. The van der Waals surface area contributed by atoms with Crippen LogP contribution in [0.4, 0.5) is 5.69 Å². The second kappa shape index (κ2) is 6.37. The van der Waals surface area contributed by atoms with Gasteiger partial charge in [0.15, 0.2) is 9.84 Å². The summed E-state index contributed by atoms with van der Waals surface area (Å²) in [4.78, 5) is 16.5. The smallest absolute Gasteiger partial charge is 0.241 e. The molecule has 2 fully saturated rings. The average molecular weight is 352 g/mol. The fourth-order valence-corrected chi connectivity index (χ4v) is 5.67. The first-order chi connectivity index (χ1) is 11.4. The molecular weight excluding hydrogens is 328 g/mol. The minimum Gasteiger partial charge on any atom is -0.497 e. The molecule has 0 bridgehead atoms. The van der Waals surface area contributed by atoms with Gasteiger partial charge in [-0.3, -0.25) is 9.69 Å². The van der Waals surface area contributed by atoms with Crippen molar-refractivity contribution in [3.8, 4) is 5.75 Å². The van der Waals surface area contributed by atoms with Gasteiger partial charge in [-0.25, -0.2) is 8.42 Å². The number of fused-ring (bicyclic) bond motifs is 1. The maximum absolute atomic E-state index is 12.8. The summed E-state index contributed by atoms with van der Waals surface area (Å²) in [6, 6.07) is 6.95. The van der Waals surface area contributed by atoms with Crippen molar-refractivity contribution in [2.45, 2.75) is 38.4 Å². The number of anilines is 1. The Bertz CT molecular complexity index is 717. The van der Waals surface area contributed by atoms with Gasteiger partial charge in [0, 0.05) is 17.8 Å². The number of benzene rings is 1. The molecule has 0 aromatic heterocycles. The number of hydrogen-bond acceptors (Lipinski definition) is 5. The van der Waals surface area contributed by atoms with Crippen LogP contribution in [0.2, 0.25) is 0 Å². The number of carbonyl (C=O) groups is 1. The van der Waals surface area contributed by atoms with E-state index in [0.29, 0.717) is 5.75 Å². The molecule has 2 aliphatic rings. The molecular formula is C17H24N2O4S. The average Bonchev–Trinajstić information content (AvgIpc) is 2.88. The molecule has 0 saturated carbocycles. The van der Waals surface area contributed by atoms with Gasteiger partial charge in [0.05, 0.1) is 31.2 Å². The SMILES string of the molecule is CC[C@@H](C)N1CC(=O)N(c2ccc(OC)cc2)[C@@H]2CS(=O)(=O)C[C@@H]21. The lowest BCUT2D eigenvalue weighted by atomic mass is 10.00. The topological polar surface area (TPSA) is 66.9 Å². The van der Waals surface area contributed by atoms with Gasteiger partial charge in [-0.1, -0.05) is 6.92 Å². The number of carbonyl (C=O) groups excluding carboxylic acids is 1. The molecule has 2 saturated heterocycles. The summed E-state index contributed by atoms with van der Waals surface area (Å²) < 4.78 is 29.7. The van der Waals surface area contributed by atoms with Crippen LogP contribution in [0.5, 0.6) is 5.75 Å². The Labute approximate surface area is 143 Å². The van der Waals surface area contributed by atoms with Gasteiger partial charge in [-0.15, -0.1) is 0 Å². The molecule has 1 aromatic carbocycles. The van der Waals surface area contributed by atoms with Gasteiger partial charge >= 0.3 is 0 Å². The molecule has 0 radical (unpaired) electrons. The molecule has 2 heterocycles. The fourth-order valence-electron chi connectivity index (χ4n) is 3.70. The molecule has 132 valence electrons. The van der Waals surface area contributed by atoms with Crippen molar-refractivity contribution in [2.75, 3.05) is 30.1 Å². The van der Waals surface area contributed by atoms with E-state index in [-0.39, 0.29) is 42.1 Å². The molecule has 1 amide bonds. The molecule has 0 aliphatic carbocycles. The highest BCUT2D eigenvalue weighted by molar-refractivity contribution is 7.91. The predicted molar refractivity (Wildman–Crippen MR) is 93.2 cm³/mol. The highest BCUT2D eigenvalue weighted by atomic mass is 32.2. The first kappa shape index (κ1) is 17.2. The number of rotatable bonds is 4. The van der Waals surface area contributed by atoms with Gasteiger partial charge in [0.25, 0.3) is 0 Å². The molecule has 1 aromatic rings. The van der Waals surface area contributed by atoms with E-state index in [1.807, 2.05) is 12.1 Å². The number of ether oxygens (including phenoxy) is 1. The Morgan fingerprint density at radius 2 is 1.83 bits per heavy atom. The van der Waals surface area contributed by atoms with Crippen LogP contribution in [-0.2, 0) is 14.6 Å². The summed E-state index contributed by atoms with van der Waals surface area (Å²) in [7, 11) is -1.55. The zero-order chi connectivity index (χ0) is 17.5. The molecule has 0 unspecified atom stereocenters. The predicted octanol–water partition coefficient (Wildman–Crippen LogP) is 1.31.